The molecule has 0 atom stereocenters. The molecule has 1 aliphatic heterocycles. The lowest BCUT2D eigenvalue weighted by atomic mass is 9.99. The van der Waals surface area contributed by atoms with Gasteiger partial charge in [0.2, 0.25) is 5.91 Å². The largest absolute Gasteiger partial charge is 0.361 e. The van der Waals surface area contributed by atoms with E-state index in [-0.39, 0.29) is 24.1 Å². The smallest absolute Gasteiger partial charge is 0.276 e. The summed E-state index contributed by atoms with van der Waals surface area (Å²) < 4.78 is 4.88. The number of hydrogen-bond acceptors (Lipinski definition) is 4. The van der Waals surface area contributed by atoms with Crippen molar-refractivity contribution in [1.29, 1.82) is 0 Å². The van der Waals surface area contributed by atoms with Gasteiger partial charge >= 0.3 is 0 Å². The number of nitrogens with zero attached hydrogens (tertiary/aromatic N) is 3. The highest BCUT2D eigenvalue weighted by Gasteiger charge is 2.24. The van der Waals surface area contributed by atoms with Crippen LogP contribution in [0.1, 0.15) is 36.0 Å². The second-order valence-electron chi connectivity index (χ2n) is 5.55. The summed E-state index contributed by atoms with van der Waals surface area (Å²) >= 11 is 0. The fourth-order valence-electron chi connectivity index (χ4n) is 2.30. The number of carbonyl (C=O) groups excluding carboxylic acids is 2. The quantitative estimate of drug-likeness (QED) is 0.836. The number of aryl methyl sites for hydroxylation is 1. The topological polar surface area (TPSA) is 66.7 Å². The van der Waals surface area contributed by atoms with Crippen LogP contribution in [-0.2, 0) is 4.79 Å². The Labute approximate surface area is 118 Å². The lowest BCUT2D eigenvalue weighted by Gasteiger charge is -2.31. The molecule has 0 radical (unpaired) electrons. The van der Waals surface area contributed by atoms with Crippen LogP contribution >= 0.6 is 0 Å². The van der Waals surface area contributed by atoms with Gasteiger partial charge in [-0.05, 0) is 25.7 Å². The summed E-state index contributed by atoms with van der Waals surface area (Å²) in [6.07, 6.45) is 2.07. The van der Waals surface area contributed by atoms with Crippen molar-refractivity contribution < 1.29 is 14.1 Å². The van der Waals surface area contributed by atoms with Crippen molar-refractivity contribution >= 4 is 11.8 Å². The van der Waals surface area contributed by atoms with E-state index in [0.29, 0.717) is 11.7 Å². The van der Waals surface area contributed by atoms with Crippen molar-refractivity contribution in [2.75, 3.05) is 26.7 Å². The molecule has 1 aromatic rings. The van der Waals surface area contributed by atoms with Crippen molar-refractivity contribution in [3.8, 4) is 0 Å². The van der Waals surface area contributed by atoms with Crippen LogP contribution in [0.15, 0.2) is 10.6 Å². The Bertz CT molecular complexity index is 490. The van der Waals surface area contributed by atoms with Gasteiger partial charge in [-0.1, -0.05) is 12.1 Å². The van der Waals surface area contributed by atoms with Crippen LogP contribution in [0.4, 0.5) is 0 Å². The molecule has 1 fully saturated rings. The Morgan fingerprint density at radius 3 is 2.65 bits per heavy atom. The van der Waals surface area contributed by atoms with Crippen molar-refractivity contribution in [3.63, 3.8) is 0 Å². The first kappa shape index (κ1) is 14.6. The van der Waals surface area contributed by atoms with Gasteiger partial charge in [0.25, 0.3) is 5.91 Å². The van der Waals surface area contributed by atoms with E-state index in [1.165, 1.54) is 4.90 Å². The van der Waals surface area contributed by atoms with E-state index in [1.807, 2.05) is 4.90 Å². The number of piperidine rings is 1. The molecule has 110 valence electrons. The van der Waals surface area contributed by atoms with Crippen LogP contribution in [0.3, 0.4) is 0 Å². The summed E-state index contributed by atoms with van der Waals surface area (Å²) in [6, 6.07) is 1.58. The van der Waals surface area contributed by atoms with Crippen molar-refractivity contribution in [1.82, 2.24) is 15.0 Å². The summed E-state index contributed by atoms with van der Waals surface area (Å²) in [5, 5.41) is 3.68. The molecule has 0 bridgehead atoms. The fraction of sp³-hybridized carbons (Fsp3) is 0.643. The Morgan fingerprint density at radius 2 is 2.10 bits per heavy atom. The van der Waals surface area contributed by atoms with Crippen molar-refractivity contribution in [2.24, 2.45) is 5.92 Å². The summed E-state index contributed by atoms with van der Waals surface area (Å²) in [4.78, 5) is 27.4. The maximum atomic E-state index is 12.1. The van der Waals surface area contributed by atoms with Crippen molar-refractivity contribution in [3.05, 3.63) is 17.5 Å². The second kappa shape index (κ2) is 6.07. The van der Waals surface area contributed by atoms with Gasteiger partial charge in [-0.2, -0.15) is 0 Å². The van der Waals surface area contributed by atoms with Crippen LogP contribution in [0.25, 0.3) is 0 Å². The lowest BCUT2D eigenvalue weighted by molar-refractivity contribution is -0.133. The minimum Gasteiger partial charge on any atom is -0.361 e. The number of amides is 2. The number of rotatable bonds is 3. The van der Waals surface area contributed by atoms with E-state index in [4.69, 9.17) is 4.52 Å². The molecule has 2 amide bonds. The molecule has 0 aliphatic carbocycles. The highest BCUT2D eigenvalue weighted by Crippen LogP contribution is 2.16. The lowest BCUT2D eigenvalue weighted by Crippen LogP contribution is -2.44. The van der Waals surface area contributed by atoms with E-state index in [1.54, 1.807) is 20.0 Å². The Balaban J connectivity index is 1.89. The molecule has 6 nitrogen and oxygen atoms in total. The van der Waals surface area contributed by atoms with Crippen LogP contribution in [0, 0.1) is 12.8 Å². The van der Waals surface area contributed by atoms with Crippen molar-refractivity contribution in [2.45, 2.75) is 26.7 Å². The monoisotopic (exact) mass is 279 g/mol. The Morgan fingerprint density at radius 1 is 1.45 bits per heavy atom. The maximum absolute atomic E-state index is 12.1. The molecule has 1 aliphatic rings. The van der Waals surface area contributed by atoms with Crippen LogP contribution < -0.4 is 0 Å². The first-order valence-corrected chi connectivity index (χ1v) is 6.94. The number of carbonyl (C=O) groups is 2. The van der Waals surface area contributed by atoms with E-state index in [0.717, 1.165) is 25.9 Å². The molecule has 20 heavy (non-hydrogen) atoms. The minimum absolute atomic E-state index is 0.00651. The number of aromatic nitrogens is 1. The van der Waals surface area contributed by atoms with Crippen LogP contribution in [-0.4, -0.2) is 53.5 Å². The summed E-state index contributed by atoms with van der Waals surface area (Å²) in [7, 11) is 1.61. The molecule has 0 aromatic carbocycles. The van der Waals surface area contributed by atoms with Gasteiger partial charge in [0.05, 0.1) is 6.54 Å². The molecule has 2 heterocycles. The highest BCUT2D eigenvalue weighted by atomic mass is 16.5. The molecule has 6 heteroatoms. The van der Waals surface area contributed by atoms with E-state index >= 15 is 0 Å². The molecule has 0 unspecified atom stereocenters. The number of likely N-dealkylation sites (N-methyl/N-ethyl adjacent to an activating group) is 1. The minimum atomic E-state index is -0.291. The van der Waals surface area contributed by atoms with E-state index in [9.17, 15) is 9.59 Å². The van der Waals surface area contributed by atoms with Gasteiger partial charge in [-0.15, -0.1) is 0 Å². The molecule has 1 aromatic heterocycles. The average Bonchev–Trinajstić information content (AvgIpc) is 2.85. The van der Waals surface area contributed by atoms with Crippen LogP contribution in [0.5, 0.6) is 0 Å². The Kier molecular flexibility index (Phi) is 4.42. The van der Waals surface area contributed by atoms with Gasteiger partial charge in [-0.25, -0.2) is 0 Å². The zero-order valence-corrected chi connectivity index (χ0v) is 12.3. The fourth-order valence-corrected chi connectivity index (χ4v) is 2.30. The van der Waals surface area contributed by atoms with Gasteiger partial charge in [0.15, 0.2) is 5.69 Å². The normalized spacial score (nSPS) is 16.2. The first-order valence-electron chi connectivity index (χ1n) is 6.94. The molecule has 0 N–H and O–H groups in total. The maximum Gasteiger partial charge on any atom is 0.276 e. The number of likely N-dealkylation sites (tertiary alicyclic amines) is 1. The van der Waals surface area contributed by atoms with E-state index < -0.39 is 0 Å². The first-order chi connectivity index (χ1) is 9.47. The zero-order valence-electron chi connectivity index (χ0n) is 12.3. The SMILES string of the molecule is Cc1cc(C(=O)N(C)CC(=O)N2CCC(C)CC2)no1. The molecule has 0 spiro atoms. The summed E-state index contributed by atoms with van der Waals surface area (Å²) in [5.41, 5.74) is 0.241. The van der Waals surface area contributed by atoms with Gasteiger partial charge in [0, 0.05) is 26.2 Å². The number of hydrogen-bond donors (Lipinski definition) is 0. The van der Waals surface area contributed by atoms with Gasteiger partial charge < -0.3 is 14.3 Å². The second-order valence-corrected chi connectivity index (χ2v) is 5.55. The predicted molar refractivity (Wildman–Crippen MR) is 73.2 cm³/mol. The third kappa shape index (κ3) is 3.37. The third-order valence-electron chi connectivity index (χ3n) is 3.70. The average molecular weight is 279 g/mol. The molecular formula is C14H21N3O3. The zero-order chi connectivity index (χ0) is 14.7. The molecule has 2 rings (SSSR count). The van der Waals surface area contributed by atoms with Gasteiger partial charge in [0.1, 0.15) is 5.76 Å². The molecule has 0 saturated carbocycles. The highest BCUT2D eigenvalue weighted by molar-refractivity contribution is 5.94. The third-order valence-corrected chi connectivity index (χ3v) is 3.70. The Hall–Kier alpha value is -1.85. The summed E-state index contributed by atoms with van der Waals surface area (Å²) in [6.45, 7) is 5.57. The summed E-state index contributed by atoms with van der Waals surface area (Å²) in [5.74, 6) is 0.961. The molecule has 1 saturated heterocycles. The standard InChI is InChI=1S/C14H21N3O3/c1-10-4-6-17(7-5-10)13(18)9-16(3)14(19)12-8-11(2)20-15-12/h8,10H,4-7,9H2,1-3H3. The predicted octanol–water partition coefficient (Wildman–Crippen LogP) is 1.31. The van der Waals surface area contributed by atoms with E-state index in [2.05, 4.69) is 12.1 Å². The molecular weight excluding hydrogens is 258 g/mol. The van der Waals surface area contributed by atoms with Gasteiger partial charge in [-0.3, -0.25) is 9.59 Å². The van der Waals surface area contributed by atoms with Crippen LogP contribution in [0.2, 0.25) is 0 Å².